The number of amides is 2. The van der Waals surface area contributed by atoms with Crippen molar-refractivity contribution in [2.75, 3.05) is 6.54 Å². The molecule has 2 amide bonds. The summed E-state index contributed by atoms with van der Waals surface area (Å²) < 4.78 is 5.84. The predicted octanol–water partition coefficient (Wildman–Crippen LogP) is 5.21. The second-order valence-corrected chi connectivity index (χ2v) is 6.94. The molecule has 6 heteroatoms. The molecule has 5 nitrogen and oxygen atoms in total. The van der Waals surface area contributed by atoms with Crippen molar-refractivity contribution in [2.24, 2.45) is 0 Å². The maximum Gasteiger partial charge on any atom is 0.268 e. The molecule has 0 saturated carbocycles. The Morgan fingerprint density at radius 3 is 2.35 bits per heavy atom. The fourth-order valence-corrected chi connectivity index (χ4v) is 2.80. The molecule has 0 atom stereocenters. The summed E-state index contributed by atoms with van der Waals surface area (Å²) >= 11 is 5.88. The number of para-hydroxylation sites is 1. The van der Waals surface area contributed by atoms with E-state index in [0.717, 1.165) is 0 Å². The molecular weight excluding hydrogens is 412 g/mol. The normalized spacial score (nSPS) is 10.8. The zero-order valence-electron chi connectivity index (χ0n) is 16.7. The lowest BCUT2D eigenvalue weighted by molar-refractivity contribution is -0.117. The standard InChI is InChI=1S/C25H21ClN2O3/c1-2-15-27-25(30)23(28-24(29)19-11-13-20(26)14-12-19)17-18-7-6-10-22(16-18)31-21-8-4-3-5-9-21/h2-14,16-17H,1,15H2,(H,27,30)(H,28,29)/b23-17-. The highest BCUT2D eigenvalue weighted by molar-refractivity contribution is 6.30. The van der Waals surface area contributed by atoms with Gasteiger partial charge in [-0.15, -0.1) is 6.58 Å². The summed E-state index contributed by atoms with van der Waals surface area (Å²) in [6, 6.07) is 23.0. The van der Waals surface area contributed by atoms with E-state index in [1.165, 1.54) is 0 Å². The Labute approximate surface area is 186 Å². The first kappa shape index (κ1) is 21.9. The van der Waals surface area contributed by atoms with E-state index < -0.39 is 11.8 Å². The van der Waals surface area contributed by atoms with Gasteiger partial charge in [-0.05, 0) is 60.2 Å². The van der Waals surface area contributed by atoms with Crippen molar-refractivity contribution in [3.8, 4) is 11.5 Å². The van der Waals surface area contributed by atoms with Gasteiger partial charge < -0.3 is 15.4 Å². The van der Waals surface area contributed by atoms with Crippen molar-refractivity contribution in [1.29, 1.82) is 0 Å². The molecule has 0 radical (unpaired) electrons. The molecule has 0 aliphatic carbocycles. The van der Waals surface area contributed by atoms with E-state index in [1.807, 2.05) is 48.5 Å². The lowest BCUT2D eigenvalue weighted by Crippen LogP contribution is -2.34. The molecule has 0 saturated heterocycles. The van der Waals surface area contributed by atoms with Crippen LogP contribution in [-0.2, 0) is 4.79 Å². The molecule has 2 N–H and O–H groups in total. The molecule has 0 aliphatic rings. The van der Waals surface area contributed by atoms with Crippen molar-refractivity contribution < 1.29 is 14.3 Å². The van der Waals surface area contributed by atoms with Crippen LogP contribution in [-0.4, -0.2) is 18.4 Å². The number of ether oxygens (including phenoxy) is 1. The van der Waals surface area contributed by atoms with Crippen LogP contribution >= 0.6 is 11.6 Å². The van der Waals surface area contributed by atoms with Crippen LogP contribution in [0.2, 0.25) is 5.02 Å². The minimum atomic E-state index is -0.434. The average molecular weight is 433 g/mol. The van der Waals surface area contributed by atoms with E-state index in [1.54, 1.807) is 42.5 Å². The number of hydrogen-bond donors (Lipinski definition) is 2. The Bertz CT molecular complexity index is 1090. The first-order chi connectivity index (χ1) is 15.0. The molecule has 0 spiro atoms. The Balaban J connectivity index is 1.85. The first-order valence-corrected chi connectivity index (χ1v) is 9.93. The molecule has 3 aromatic carbocycles. The van der Waals surface area contributed by atoms with Crippen LogP contribution in [0.15, 0.2) is 97.2 Å². The summed E-state index contributed by atoms with van der Waals surface area (Å²) in [6.45, 7) is 3.86. The van der Waals surface area contributed by atoms with Crippen molar-refractivity contribution >= 4 is 29.5 Å². The van der Waals surface area contributed by atoms with Crippen LogP contribution in [0.1, 0.15) is 15.9 Å². The molecule has 0 aromatic heterocycles. The van der Waals surface area contributed by atoms with Crippen LogP contribution in [0.25, 0.3) is 6.08 Å². The van der Waals surface area contributed by atoms with E-state index >= 15 is 0 Å². The van der Waals surface area contributed by atoms with Gasteiger partial charge in [0.15, 0.2) is 0 Å². The third-order valence-electron chi connectivity index (χ3n) is 4.15. The summed E-state index contributed by atoms with van der Waals surface area (Å²) in [5.74, 6) is 0.448. The van der Waals surface area contributed by atoms with Gasteiger partial charge >= 0.3 is 0 Å². The predicted molar refractivity (Wildman–Crippen MR) is 123 cm³/mol. The van der Waals surface area contributed by atoms with Gasteiger partial charge in [-0.1, -0.05) is 48.0 Å². The summed E-state index contributed by atoms with van der Waals surface area (Å²) in [7, 11) is 0. The summed E-state index contributed by atoms with van der Waals surface area (Å²) in [5.41, 5.74) is 1.17. The second-order valence-electron chi connectivity index (χ2n) is 6.51. The number of rotatable bonds is 8. The highest BCUT2D eigenvalue weighted by Crippen LogP contribution is 2.22. The quantitative estimate of drug-likeness (QED) is 0.379. The maximum absolute atomic E-state index is 12.6. The van der Waals surface area contributed by atoms with Gasteiger partial charge in [-0.2, -0.15) is 0 Å². The van der Waals surface area contributed by atoms with Gasteiger partial charge in [0.1, 0.15) is 17.2 Å². The topological polar surface area (TPSA) is 67.4 Å². The van der Waals surface area contributed by atoms with E-state index in [0.29, 0.717) is 27.6 Å². The Morgan fingerprint density at radius 2 is 1.65 bits per heavy atom. The molecule has 0 fully saturated rings. The number of carbonyl (C=O) groups is 2. The molecule has 0 aliphatic heterocycles. The highest BCUT2D eigenvalue weighted by Gasteiger charge is 2.14. The third-order valence-corrected chi connectivity index (χ3v) is 4.41. The Morgan fingerprint density at radius 1 is 0.935 bits per heavy atom. The van der Waals surface area contributed by atoms with Gasteiger partial charge in [0.2, 0.25) is 0 Å². The Hall–Kier alpha value is -3.83. The molecule has 156 valence electrons. The largest absolute Gasteiger partial charge is 0.457 e. The minimum absolute atomic E-state index is 0.0960. The zero-order valence-corrected chi connectivity index (χ0v) is 17.4. The molecule has 0 unspecified atom stereocenters. The summed E-state index contributed by atoms with van der Waals surface area (Å²) in [4.78, 5) is 25.2. The SMILES string of the molecule is C=CCNC(=O)/C(=C/c1cccc(Oc2ccccc2)c1)NC(=O)c1ccc(Cl)cc1. The summed E-state index contributed by atoms with van der Waals surface area (Å²) in [6.07, 6.45) is 3.15. The van der Waals surface area contributed by atoms with Crippen molar-refractivity contribution in [1.82, 2.24) is 10.6 Å². The lowest BCUT2D eigenvalue weighted by atomic mass is 10.1. The van der Waals surface area contributed by atoms with E-state index in [-0.39, 0.29) is 12.2 Å². The second kappa shape index (κ2) is 10.8. The van der Waals surface area contributed by atoms with Crippen LogP contribution < -0.4 is 15.4 Å². The minimum Gasteiger partial charge on any atom is -0.457 e. The number of carbonyl (C=O) groups excluding carboxylic acids is 2. The Kier molecular flexibility index (Phi) is 7.62. The van der Waals surface area contributed by atoms with E-state index in [4.69, 9.17) is 16.3 Å². The van der Waals surface area contributed by atoms with E-state index in [2.05, 4.69) is 17.2 Å². The van der Waals surface area contributed by atoms with Crippen LogP contribution in [0.3, 0.4) is 0 Å². The smallest absolute Gasteiger partial charge is 0.268 e. The fourth-order valence-electron chi connectivity index (χ4n) is 2.67. The molecule has 0 heterocycles. The van der Waals surface area contributed by atoms with Crippen LogP contribution in [0.4, 0.5) is 0 Å². The molecular formula is C25H21ClN2O3. The van der Waals surface area contributed by atoms with Crippen molar-refractivity contribution in [3.05, 3.63) is 113 Å². The number of hydrogen-bond acceptors (Lipinski definition) is 3. The zero-order chi connectivity index (χ0) is 22.1. The van der Waals surface area contributed by atoms with Gasteiger partial charge in [-0.3, -0.25) is 9.59 Å². The van der Waals surface area contributed by atoms with Gasteiger partial charge in [0.25, 0.3) is 11.8 Å². The van der Waals surface area contributed by atoms with E-state index in [9.17, 15) is 9.59 Å². The number of halogens is 1. The van der Waals surface area contributed by atoms with Crippen LogP contribution in [0.5, 0.6) is 11.5 Å². The fraction of sp³-hybridized carbons (Fsp3) is 0.0400. The number of benzene rings is 3. The third kappa shape index (κ3) is 6.59. The first-order valence-electron chi connectivity index (χ1n) is 9.56. The summed E-state index contributed by atoms with van der Waals surface area (Å²) in [5, 5.41) is 5.87. The van der Waals surface area contributed by atoms with Gasteiger partial charge in [0, 0.05) is 17.1 Å². The van der Waals surface area contributed by atoms with Crippen molar-refractivity contribution in [3.63, 3.8) is 0 Å². The van der Waals surface area contributed by atoms with Crippen molar-refractivity contribution in [2.45, 2.75) is 0 Å². The van der Waals surface area contributed by atoms with Gasteiger partial charge in [0.05, 0.1) is 0 Å². The van der Waals surface area contributed by atoms with Gasteiger partial charge in [-0.25, -0.2) is 0 Å². The number of nitrogens with one attached hydrogen (secondary N) is 2. The average Bonchev–Trinajstić information content (AvgIpc) is 2.78. The molecule has 0 bridgehead atoms. The van der Waals surface area contributed by atoms with Crippen LogP contribution in [0, 0.1) is 0 Å². The molecule has 3 rings (SSSR count). The molecule has 3 aromatic rings. The highest BCUT2D eigenvalue weighted by atomic mass is 35.5. The maximum atomic E-state index is 12.6. The monoisotopic (exact) mass is 432 g/mol. The molecule has 31 heavy (non-hydrogen) atoms. The lowest BCUT2D eigenvalue weighted by Gasteiger charge is -2.11.